The number of thiazole rings is 1. The van der Waals surface area contributed by atoms with E-state index in [-0.39, 0.29) is 11.9 Å². The Labute approximate surface area is 164 Å². The quantitative estimate of drug-likeness (QED) is 0.717. The molecule has 0 saturated carbocycles. The first-order valence-electron chi connectivity index (χ1n) is 9.62. The molecule has 1 aliphatic heterocycles. The Kier molecular flexibility index (Phi) is 5.50. The predicted molar refractivity (Wildman–Crippen MR) is 111 cm³/mol. The van der Waals surface area contributed by atoms with E-state index < -0.39 is 0 Å². The van der Waals surface area contributed by atoms with Crippen LogP contribution >= 0.6 is 11.3 Å². The summed E-state index contributed by atoms with van der Waals surface area (Å²) in [5.74, 6) is 0.537. The monoisotopic (exact) mass is 379 g/mol. The molecule has 140 valence electrons. The summed E-state index contributed by atoms with van der Waals surface area (Å²) in [6.45, 7) is 4.10. The van der Waals surface area contributed by atoms with Crippen LogP contribution in [0.4, 0.5) is 0 Å². The van der Waals surface area contributed by atoms with Gasteiger partial charge in [-0.25, -0.2) is 4.98 Å². The van der Waals surface area contributed by atoms with Gasteiger partial charge in [-0.3, -0.25) is 4.79 Å². The molecule has 5 heteroatoms. The molecule has 0 aliphatic carbocycles. The fraction of sp³-hybridized carbons (Fsp3) is 0.364. The number of para-hydroxylation sites is 1. The van der Waals surface area contributed by atoms with Gasteiger partial charge in [-0.15, -0.1) is 11.3 Å². The molecule has 0 spiro atoms. The van der Waals surface area contributed by atoms with E-state index in [1.54, 1.807) is 11.3 Å². The molecular weight excluding hydrogens is 354 g/mol. The Morgan fingerprint density at radius 2 is 2.00 bits per heavy atom. The SMILES string of the molecule is C[C@H](NCC(=O)N1CCC[C@H](c2nc3ccccc3s2)C1)c1ccccc1. The third-order valence-corrected chi connectivity index (χ3v) is 6.49. The third-order valence-electron chi connectivity index (χ3n) is 5.29. The van der Waals surface area contributed by atoms with Crippen molar-refractivity contribution in [2.45, 2.75) is 31.7 Å². The summed E-state index contributed by atoms with van der Waals surface area (Å²) >= 11 is 1.77. The maximum Gasteiger partial charge on any atom is 0.236 e. The van der Waals surface area contributed by atoms with Crippen molar-refractivity contribution in [3.05, 3.63) is 65.2 Å². The maximum atomic E-state index is 12.7. The van der Waals surface area contributed by atoms with Crippen molar-refractivity contribution >= 4 is 27.5 Å². The van der Waals surface area contributed by atoms with Gasteiger partial charge >= 0.3 is 0 Å². The van der Waals surface area contributed by atoms with Crippen molar-refractivity contribution in [1.82, 2.24) is 15.2 Å². The molecule has 4 nitrogen and oxygen atoms in total. The number of hydrogen-bond donors (Lipinski definition) is 1. The van der Waals surface area contributed by atoms with Gasteiger partial charge in [0.2, 0.25) is 5.91 Å². The first-order valence-corrected chi connectivity index (χ1v) is 10.4. The third kappa shape index (κ3) is 4.20. The molecule has 1 fully saturated rings. The van der Waals surface area contributed by atoms with Gasteiger partial charge in [-0.1, -0.05) is 42.5 Å². The molecule has 2 atom stereocenters. The minimum atomic E-state index is 0.167. The zero-order chi connectivity index (χ0) is 18.6. The lowest BCUT2D eigenvalue weighted by Crippen LogP contribution is -2.43. The van der Waals surface area contributed by atoms with Crippen molar-refractivity contribution in [3.63, 3.8) is 0 Å². The fourth-order valence-corrected chi connectivity index (χ4v) is 4.77. The topological polar surface area (TPSA) is 45.2 Å². The average molecular weight is 380 g/mol. The van der Waals surface area contributed by atoms with E-state index in [0.29, 0.717) is 12.5 Å². The van der Waals surface area contributed by atoms with Crippen LogP contribution in [0.25, 0.3) is 10.2 Å². The highest BCUT2D eigenvalue weighted by molar-refractivity contribution is 7.18. The van der Waals surface area contributed by atoms with Gasteiger partial charge in [0.25, 0.3) is 0 Å². The lowest BCUT2D eigenvalue weighted by molar-refractivity contribution is -0.131. The summed E-state index contributed by atoms with van der Waals surface area (Å²) in [7, 11) is 0. The van der Waals surface area contributed by atoms with Gasteiger partial charge in [0.1, 0.15) is 0 Å². The van der Waals surface area contributed by atoms with E-state index in [2.05, 4.69) is 42.6 Å². The van der Waals surface area contributed by atoms with E-state index >= 15 is 0 Å². The van der Waals surface area contributed by atoms with Gasteiger partial charge in [-0.05, 0) is 37.5 Å². The molecule has 2 aromatic carbocycles. The molecule has 3 aromatic rings. The summed E-state index contributed by atoms with van der Waals surface area (Å²) in [4.78, 5) is 19.5. The zero-order valence-corrected chi connectivity index (χ0v) is 16.4. The van der Waals surface area contributed by atoms with Crippen LogP contribution in [0.3, 0.4) is 0 Å². The smallest absolute Gasteiger partial charge is 0.236 e. The number of benzene rings is 2. The summed E-state index contributed by atoms with van der Waals surface area (Å²) in [6.07, 6.45) is 2.15. The number of rotatable bonds is 5. The van der Waals surface area contributed by atoms with Gasteiger partial charge in [-0.2, -0.15) is 0 Å². The maximum absolute atomic E-state index is 12.7. The van der Waals surface area contributed by atoms with Crippen molar-refractivity contribution in [2.24, 2.45) is 0 Å². The van der Waals surface area contributed by atoms with E-state index in [9.17, 15) is 4.79 Å². The number of carbonyl (C=O) groups is 1. The summed E-state index contributed by atoms with van der Waals surface area (Å²) < 4.78 is 1.23. The minimum Gasteiger partial charge on any atom is -0.341 e. The highest BCUT2D eigenvalue weighted by Crippen LogP contribution is 2.32. The van der Waals surface area contributed by atoms with Crippen molar-refractivity contribution in [1.29, 1.82) is 0 Å². The van der Waals surface area contributed by atoms with E-state index in [4.69, 9.17) is 4.98 Å². The first-order chi connectivity index (χ1) is 13.2. The fourth-order valence-electron chi connectivity index (χ4n) is 3.68. The van der Waals surface area contributed by atoms with E-state index in [0.717, 1.165) is 31.4 Å². The first kappa shape index (κ1) is 18.1. The molecule has 1 saturated heterocycles. The second-order valence-electron chi connectivity index (χ2n) is 7.21. The Morgan fingerprint density at radius 3 is 2.81 bits per heavy atom. The molecule has 2 heterocycles. The number of aromatic nitrogens is 1. The number of likely N-dealkylation sites (tertiary alicyclic amines) is 1. The molecule has 1 amide bonds. The number of fused-ring (bicyclic) bond motifs is 1. The van der Waals surface area contributed by atoms with E-state index in [1.165, 1.54) is 15.3 Å². The second-order valence-corrected chi connectivity index (χ2v) is 8.27. The lowest BCUT2D eigenvalue weighted by Gasteiger charge is -2.32. The molecule has 0 bridgehead atoms. The van der Waals surface area contributed by atoms with Crippen molar-refractivity contribution in [2.75, 3.05) is 19.6 Å². The number of nitrogens with zero attached hydrogens (tertiary/aromatic N) is 2. The molecule has 0 unspecified atom stereocenters. The van der Waals surface area contributed by atoms with E-state index in [1.807, 2.05) is 29.2 Å². The van der Waals surface area contributed by atoms with Crippen LogP contribution in [-0.4, -0.2) is 35.4 Å². The lowest BCUT2D eigenvalue weighted by atomic mass is 9.98. The normalized spacial score (nSPS) is 18.6. The number of amides is 1. The largest absolute Gasteiger partial charge is 0.341 e. The standard InChI is InChI=1S/C22H25N3OS/c1-16(17-8-3-2-4-9-17)23-14-21(26)25-13-7-10-18(15-25)22-24-19-11-5-6-12-20(19)27-22/h2-6,8-9,11-12,16,18,23H,7,10,13-15H2,1H3/t16-,18-/m0/s1. The van der Waals surface area contributed by atoms with Gasteiger partial charge < -0.3 is 10.2 Å². The Morgan fingerprint density at radius 1 is 1.22 bits per heavy atom. The van der Waals surface area contributed by atoms with Crippen LogP contribution in [0.2, 0.25) is 0 Å². The minimum absolute atomic E-state index is 0.167. The van der Waals surface area contributed by atoms with Crippen molar-refractivity contribution in [3.8, 4) is 0 Å². The number of hydrogen-bond acceptors (Lipinski definition) is 4. The number of nitrogens with one attached hydrogen (secondary N) is 1. The van der Waals surface area contributed by atoms with Gasteiger partial charge in [0.05, 0.1) is 21.8 Å². The van der Waals surface area contributed by atoms with Crippen LogP contribution in [0.15, 0.2) is 54.6 Å². The number of carbonyl (C=O) groups excluding carboxylic acids is 1. The van der Waals surface area contributed by atoms with Crippen LogP contribution < -0.4 is 5.32 Å². The summed E-state index contributed by atoms with van der Waals surface area (Å²) in [5.41, 5.74) is 2.27. The Bertz CT molecular complexity index is 875. The molecule has 4 rings (SSSR count). The molecule has 0 radical (unpaired) electrons. The molecule has 1 aromatic heterocycles. The second kappa shape index (κ2) is 8.19. The molecule has 1 aliphatic rings. The highest BCUT2D eigenvalue weighted by Gasteiger charge is 2.27. The van der Waals surface area contributed by atoms with Gasteiger partial charge in [0.15, 0.2) is 0 Å². The van der Waals surface area contributed by atoms with Crippen LogP contribution in [0.1, 0.15) is 42.3 Å². The average Bonchev–Trinajstić information content (AvgIpc) is 3.17. The Balaban J connectivity index is 1.36. The zero-order valence-electron chi connectivity index (χ0n) is 15.6. The molecule has 1 N–H and O–H groups in total. The predicted octanol–water partition coefficient (Wildman–Crippen LogP) is 4.35. The van der Waals surface area contributed by atoms with Crippen LogP contribution in [0, 0.1) is 0 Å². The van der Waals surface area contributed by atoms with Gasteiger partial charge in [0, 0.05) is 25.0 Å². The Hall–Kier alpha value is -2.24. The summed E-state index contributed by atoms with van der Waals surface area (Å²) in [5, 5.41) is 4.53. The van der Waals surface area contributed by atoms with Crippen LogP contribution in [0.5, 0.6) is 0 Å². The van der Waals surface area contributed by atoms with Crippen molar-refractivity contribution < 1.29 is 4.79 Å². The molecule has 27 heavy (non-hydrogen) atoms. The summed E-state index contributed by atoms with van der Waals surface area (Å²) in [6, 6.07) is 18.7. The number of piperidine rings is 1. The highest BCUT2D eigenvalue weighted by atomic mass is 32.1. The van der Waals surface area contributed by atoms with Crippen LogP contribution in [-0.2, 0) is 4.79 Å². The molecular formula is C22H25N3OS.